The minimum atomic E-state index is -0.786. The van der Waals surface area contributed by atoms with E-state index in [0.717, 1.165) is 116 Å². The highest BCUT2D eigenvalue weighted by molar-refractivity contribution is 5.71. The van der Waals surface area contributed by atoms with Crippen LogP contribution in [0.4, 0.5) is 0 Å². The second kappa shape index (κ2) is 66.6. The Morgan fingerprint density at radius 3 is 0.797 bits per heavy atom. The van der Waals surface area contributed by atoms with E-state index >= 15 is 0 Å². The quantitative estimate of drug-likeness (QED) is 0.0261. The van der Waals surface area contributed by atoms with Gasteiger partial charge >= 0.3 is 17.9 Å². The topological polar surface area (TPSA) is 78.9 Å². The Kier molecular flexibility index (Phi) is 63.3. The van der Waals surface area contributed by atoms with Gasteiger partial charge in [0.05, 0.1) is 0 Å². The lowest BCUT2D eigenvalue weighted by Crippen LogP contribution is -2.30. The summed E-state index contributed by atoms with van der Waals surface area (Å²) in [5.41, 5.74) is 0. The second-order valence-corrected chi connectivity index (χ2v) is 22.0. The van der Waals surface area contributed by atoms with Crippen molar-refractivity contribution in [2.45, 2.75) is 322 Å². The van der Waals surface area contributed by atoms with Crippen LogP contribution < -0.4 is 0 Å². The van der Waals surface area contributed by atoms with Crippen molar-refractivity contribution in [3.63, 3.8) is 0 Å². The molecule has 0 aromatic heterocycles. The minimum Gasteiger partial charge on any atom is -0.462 e. The number of hydrogen-bond acceptors (Lipinski definition) is 6. The summed E-state index contributed by atoms with van der Waals surface area (Å²) in [6.45, 7) is 6.52. The molecule has 0 radical (unpaired) electrons. The molecule has 1 unspecified atom stereocenters. The molecule has 1 atom stereocenters. The SMILES string of the molecule is CC/C=C\C/C=C\C/C=C\C/C=C\C/C=C\C/C=C\C/C=C\CCCCCCCCCC(=O)OCC(COC(=O)CCCCCCCCCCCCCCC)OC(=O)CCCCCCCCCCC/C=C\C/C=C\CCCCC. The fourth-order valence-corrected chi connectivity index (χ4v) is 9.28. The number of hydrogen-bond donors (Lipinski definition) is 0. The number of carbonyl (C=O) groups is 3. The molecule has 0 amide bonds. The summed E-state index contributed by atoms with van der Waals surface area (Å²) in [6.07, 6.45) is 90.9. The Bertz CT molecular complexity index is 1590. The van der Waals surface area contributed by atoms with Gasteiger partial charge in [0.1, 0.15) is 13.2 Å². The summed E-state index contributed by atoms with van der Waals surface area (Å²) < 4.78 is 16.9. The highest BCUT2D eigenvalue weighted by Gasteiger charge is 2.19. The van der Waals surface area contributed by atoms with Gasteiger partial charge in [-0.25, -0.2) is 0 Å². The molecule has 452 valence electrons. The molecule has 0 saturated carbocycles. The zero-order valence-electron chi connectivity index (χ0n) is 51.9. The van der Waals surface area contributed by atoms with Crippen LogP contribution in [0.25, 0.3) is 0 Å². The molecular weight excluding hydrogens is 973 g/mol. The molecule has 0 aliphatic carbocycles. The van der Waals surface area contributed by atoms with Crippen LogP contribution in [0, 0.1) is 0 Å². The Hall–Kier alpha value is -3.93. The molecule has 0 aromatic rings. The van der Waals surface area contributed by atoms with Crippen LogP contribution in [0.1, 0.15) is 316 Å². The average molecular weight is 1100 g/mol. The molecule has 0 fully saturated rings. The molecule has 0 saturated heterocycles. The van der Waals surface area contributed by atoms with Gasteiger partial charge in [-0.2, -0.15) is 0 Å². The van der Waals surface area contributed by atoms with E-state index in [0.29, 0.717) is 19.3 Å². The van der Waals surface area contributed by atoms with Gasteiger partial charge in [-0.15, -0.1) is 0 Å². The molecule has 6 nitrogen and oxygen atoms in total. The lowest BCUT2D eigenvalue weighted by molar-refractivity contribution is -0.167. The number of esters is 3. The van der Waals surface area contributed by atoms with Gasteiger partial charge in [0, 0.05) is 19.3 Å². The van der Waals surface area contributed by atoms with Crippen molar-refractivity contribution in [2.75, 3.05) is 13.2 Å². The van der Waals surface area contributed by atoms with E-state index in [-0.39, 0.29) is 31.1 Å². The zero-order valence-corrected chi connectivity index (χ0v) is 51.9. The summed E-state index contributed by atoms with van der Waals surface area (Å²) in [6, 6.07) is 0. The van der Waals surface area contributed by atoms with E-state index in [2.05, 4.69) is 130 Å². The summed E-state index contributed by atoms with van der Waals surface area (Å²) in [5, 5.41) is 0. The van der Waals surface area contributed by atoms with Crippen LogP contribution in [0.3, 0.4) is 0 Å². The molecule has 0 aromatic carbocycles. The molecule has 0 spiro atoms. The Morgan fingerprint density at radius 2 is 0.494 bits per heavy atom. The van der Waals surface area contributed by atoms with E-state index in [4.69, 9.17) is 14.2 Å². The lowest BCUT2D eigenvalue weighted by atomic mass is 10.0. The molecule has 79 heavy (non-hydrogen) atoms. The van der Waals surface area contributed by atoms with Crippen molar-refractivity contribution in [2.24, 2.45) is 0 Å². The maximum atomic E-state index is 12.9. The minimum absolute atomic E-state index is 0.0810. The fourth-order valence-electron chi connectivity index (χ4n) is 9.28. The standard InChI is InChI=1S/C73H124O6/c1-4-7-10-13-16-19-22-25-27-29-31-32-33-34-35-36-37-38-39-40-42-43-45-48-51-54-57-60-63-66-72(75)78-69-70(68-77-71(74)65-62-59-56-53-50-47-24-21-18-15-12-9-6-3)79-73(76)67-64-61-58-55-52-49-46-44-41-30-28-26-23-20-17-14-11-8-5-2/h7,10,16-17,19-20,25-28,31-32,34-35,37-38,40,42,70H,4-6,8-9,11-15,18,21-24,29-30,33,36,39,41,43-69H2,1-3H3/b10-7-,19-16-,20-17-,27-25-,28-26-,32-31-,35-34-,38-37-,42-40-. The smallest absolute Gasteiger partial charge is 0.306 e. The molecular formula is C73H124O6. The van der Waals surface area contributed by atoms with Gasteiger partial charge in [-0.05, 0) is 109 Å². The van der Waals surface area contributed by atoms with E-state index in [1.807, 2.05) is 0 Å². The third-order valence-electron chi connectivity index (χ3n) is 14.3. The number of allylic oxidation sites excluding steroid dienone is 18. The van der Waals surface area contributed by atoms with Gasteiger partial charge in [0.15, 0.2) is 6.10 Å². The molecule has 0 N–H and O–H groups in total. The van der Waals surface area contributed by atoms with Crippen molar-refractivity contribution in [1.82, 2.24) is 0 Å². The van der Waals surface area contributed by atoms with Gasteiger partial charge in [0.2, 0.25) is 0 Å². The lowest BCUT2D eigenvalue weighted by Gasteiger charge is -2.18. The first kappa shape index (κ1) is 75.1. The zero-order chi connectivity index (χ0) is 57.1. The van der Waals surface area contributed by atoms with Gasteiger partial charge < -0.3 is 14.2 Å². The van der Waals surface area contributed by atoms with Gasteiger partial charge in [0.25, 0.3) is 0 Å². The largest absolute Gasteiger partial charge is 0.462 e. The van der Waals surface area contributed by atoms with Crippen LogP contribution in [-0.2, 0) is 28.6 Å². The fraction of sp³-hybridized carbons (Fsp3) is 0.712. The van der Waals surface area contributed by atoms with Crippen LogP contribution in [-0.4, -0.2) is 37.2 Å². The molecule has 6 heteroatoms. The second-order valence-electron chi connectivity index (χ2n) is 22.0. The first-order valence-electron chi connectivity index (χ1n) is 33.4. The number of rotatable bonds is 60. The van der Waals surface area contributed by atoms with Gasteiger partial charge in [-0.3, -0.25) is 14.4 Å². The summed E-state index contributed by atoms with van der Waals surface area (Å²) >= 11 is 0. The van der Waals surface area contributed by atoms with Crippen LogP contribution in [0.15, 0.2) is 109 Å². The number of ether oxygens (including phenoxy) is 3. The first-order valence-corrected chi connectivity index (χ1v) is 33.4. The van der Waals surface area contributed by atoms with Crippen LogP contribution >= 0.6 is 0 Å². The van der Waals surface area contributed by atoms with Gasteiger partial charge in [-0.1, -0.05) is 297 Å². The average Bonchev–Trinajstić information content (AvgIpc) is 3.45. The third-order valence-corrected chi connectivity index (χ3v) is 14.3. The molecule has 0 rings (SSSR count). The van der Waals surface area contributed by atoms with Crippen molar-refractivity contribution in [3.05, 3.63) is 109 Å². The van der Waals surface area contributed by atoms with Crippen molar-refractivity contribution >= 4 is 17.9 Å². The monoisotopic (exact) mass is 1100 g/mol. The molecule has 0 aliphatic rings. The van der Waals surface area contributed by atoms with Crippen molar-refractivity contribution in [1.29, 1.82) is 0 Å². The van der Waals surface area contributed by atoms with Crippen LogP contribution in [0.2, 0.25) is 0 Å². The molecule has 0 bridgehead atoms. The highest BCUT2D eigenvalue weighted by atomic mass is 16.6. The summed E-state index contributed by atoms with van der Waals surface area (Å²) in [7, 11) is 0. The van der Waals surface area contributed by atoms with E-state index in [9.17, 15) is 14.4 Å². The Labute approximate surface area is 489 Å². The summed E-state index contributed by atoms with van der Waals surface area (Å²) in [5.74, 6) is -0.886. The highest BCUT2D eigenvalue weighted by Crippen LogP contribution is 2.16. The normalized spacial score (nSPS) is 12.8. The molecule has 0 aliphatic heterocycles. The maximum absolute atomic E-state index is 12.9. The number of unbranched alkanes of at least 4 members (excludes halogenated alkanes) is 31. The van der Waals surface area contributed by atoms with Crippen molar-refractivity contribution in [3.8, 4) is 0 Å². The van der Waals surface area contributed by atoms with Crippen LogP contribution in [0.5, 0.6) is 0 Å². The third kappa shape index (κ3) is 64.8. The summed E-state index contributed by atoms with van der Waals surface area (Å²) in [4.78, 5) is 38.4. The predicted octanol–water partition coefficient (Wildman–Crippen LogP) is 23.0. The Morgan fingerprint density at radius 1 is 0.266 bits per heavy atom. The van der Waals surface area contributed by atoms with E-state index in [1.165, 1.54) is 161 Å². The Balaban J connectivity index is 4.33. The van der Waals surface area contributed by atoms with E-state index < -0.39 is 6.10 Å². The molecule has 0 heterocycles. The number of carbonyl (C=O) groups excluding carboxylic acids is 3. The maximum Gasteiger partial charge on any atom is 0.306 e. The predicted molar refractivity (Wildman–Crippen MR) is 343 cm³/mol. The first-order chi connectivity index (χ1) is 39.0. The van der Waals surface area contributed by atoms with Crippen molar-refractivity contribution < 1.29 is 28.6 Å². The van der Waals surface area contributed by atoms with E-state index in [1.54, 1.807) is 0 Å².